The van der Waals surface area contributed by atoms with E-state index in [9.17, 15) is 0 Å². The van der Waals surface area contributed by atoms with Crippen molar-refractivity contribution in [3.63, 3.8) is 0 Å². The van der Waals surface area contributed by atoms with Gasteiger partial charge >= 0.3 is 99.8 Å². The molecule has 0 aliphatic heterocycles. The molecule has 0 unspecified atom stereocenters. The quantitative estimate of drug-likeness (QED) is 0.130. The van der Waals surface area contributed by atoms with Crippen molar-refractivity contribution in [2.75, 3.05) is 0 Å². The van der Waals surface area contributed by atoms with Gasteiger partial charge in [-0.15, -0.1) is 23.8 Å². The second-order valence-corrected chi connectivity index (χ2v) is 24.7. The number of hydrogen-bond acceptors (Lipinski definition) is 3. The van der Waals surface area contributed by atoms with E-state index in [1.54, 1.807) is 0 Å². The van der Waals surface area contributed by atoms with Crippen LogP contribution in [0, 0.1) is 19.1 Å². The normalized spacial score (nSPS) is 14.5. The maximum absolute atomic E-state index is 8.91. The molecule has 7 aromatic rings. The van der Waals surface area contributed by atoms with Crippen LogP contribution in [0.1, 0.15) is 44.1 Å². The van der Waals surface area contributed by atoms with Gasteiger partial charge < -0.3 is 4.98 Å². The van der Waals surface area contributed by atoms with Crippen LogP contribution in [0.15, 0.2) is 103 Å². The average Bonchev–Trinajstić information content (AvgIpc) is 3.70. The van der Waals surface area contributed by atoms with Gasteiger partial charge in [-0.25, -0.2) is 0 Å². The molecule has 46 heavy (non-hydrogen) atoms. The maximum atomic E-state index is 8.91. The van der Waals surface area contributed by atoms with E-state index in [0.717, 1.165) is 53.8 Å². The van der Waals surface area contributed by atoms with Gasteiger partial charge in [0.25, 0.3) is 0 Å². The van der Waals surface area contributed by atoms with Crippen LogP contribution in [0.25, 0.3) is 53.5 Å². The van der Waals surface area contributed by atoms with E-state index in [0.29, 0.717) is 0 Å². The fraction of sp³-hybridized carbons (Fsp3) is 0.220. The predicted octanol–water partition coefficient (Wildman–Crippen LogP) is 11.1. The molecule has 3 heterocycles. The smallest absolute Gasteiger partial charge is 0 e. The van der Waals surface area contributed by atoms with Gasteiger partial charge in [-0.05, 0) is 63.8 Å². The van der Waals surface area contributed by atoms with Crippen molar-refractivity contribution in [3.8, 4) is 22.5 Å². The van der Waals surface area contributed by atoms with Gasteiger partial charge in [0, 0.05) is 32.4 Å². The number of hydrogen-bond donors (Lipinski definition) is 0. The van der Waals surface area contributed by atoms with Crippen LogP contribution in [0.4, 0.5) is 0 Å². The van der Waals surface area contributed by atoms with E-state index < -0.39 is 19.2 Å². The monoisotopic (exact) mass is 858 g/mol. The van der Waals surface area contributed by atoms with Gasteiger partial charge in [0.05, 0.1) is 0 Å². The third-order valence-electron chi connectivity index (χ3n) is 8.89. The van der Waals surface area contributed by atoms with Crippen LogP contribution in [0.5, 0.6) is 0 Å². The van der Waals surface area contributed by atoms with Crippen LogP contribution in [0.3, 0.4) is 0 Å². The van der Waals surface area contributed by atoms with Crippen molar-refractivity contribution in [2.45, 2.75) is 55.8 Å². The van der Waals surface area contributed by atoms with Gasteiger partial charge in [0.15, 0.2) is 0 Å². The summed E-state index contributed by atoms with van der Waals surface area (Å²) in [6.45, 7) is 2.20. The molecule has 1 aliphatic rings. The Morgan fingerprint density at radius 1 is 0.761 bits per heavy atom. The van der Waals surface area contributed by atoms with Crippen molar-refractivity contribution in [2.24, 2.45) is 0 Å². The van der Waals surface area contributed by atoms with Crippen LogP contribution in [0.2, 0.25) is 17.3 Å². The summed E-state index contributed by atoms with van der Waals surface area (Å²) in [5.41, 5.74) is 6.47. The number of aryl methyl sites for hydroxylation is 1. The van der Waals surface area contributed by atoms with Gasteiger partial charge in [0.2, 0.25) is 0 Å². The van der Waals surface area contributed by atoms with Gasteiger partial charge in [0.1, 0.15) is 0 Å². The first-order valence-corrected chi connectivity index (χ1v) is 24.0. The number of pyridine rings is 2. The minimum atomic E-state index is -1.72. The average molecular weight is 857 g/mol. The summed E-state index contributed by atoms with van der Waals surface area (Å²) < 4.78 is 12.9. The van der Waals surface area contributed by atoms with E-state index in [-0.39, 0.29) is 20.1 Å². The summed E-state index contributed by atoms with van der Waals surface area (Å²) >= 11 is 0.125. The summed E-state index contributed by atoms with van der Waals surface area (Å²) in [6, 6.07) is 38.3. The summed E-state index contributed by atoms with van der Waals surface area (Å²) in [5.74, 6) is 6.68. The molecule has 233 valence electrons. The molecule has 3 aromatic heterocycles. The Morgan fingerprint density at radius 3 is 2.24 bits per heavy atom. The Labute approximate surface area is 294 Å². The number of thiophene rings is 1. The Bertz CT molecular complexity index is 2170. The molecule has 8 rings (SSSR count). The van der Waals surface area contributed by atoms with Gasteiger partial charge in [-0.2, -0.15) is 11.3 Å². The fourth-order valence-electron chi connectivity index (χ4n) is 6.36. The van der Waals surface area contributed by atoms with Crippen molar-refractivity contribution in [3.05, 3.63) is 127 Å². The van der Waals surface area contributed by atoms with E-state index in [2.05, 4.69) is 95.9 Å². The molecule has 1 radical (unpaired) electrons. The topological polar surface area (TPSA) is 25.8 Å². The van der Waals surface area contributed by atoms with Crippen molar-refractivity contribution in [1.29, 1.82) is 0 Å². The second-order valence-electron chi connectivity index (χ2n) is 13.0. The van der Waals surface area contributed by atoms with Crippen LogP contribution >= 0.6 is 11.3 Å². The summed E-state index contributed by atoms with van der Waals surface area (Å²) in [4.78, 5) is 9.24. The molecule has 2 nitrogen and oxygen atoms in total. The largest absolute Gasteiger partial charge is 0 e. The second kappa shape index (κ2) is 13.9. The molecule has 0 bridgehead atoms. The first kappa shape index (κ1) is 31.5. The Kier molecular flexibility index (Phi) is 9.51. The molecule has 0 saturated heterocycles. The molecule has 0 amide bonds. The maximum Gasteiger partial charge on any atom is 0 e. The third kappa shape index (κ3) is 6.64. The molecule has 5 heteroatoms. The molecule has 0 spiro atoms. The Morgan fingerprint density at radius 2 is 1.52 bits per heavy atom. The van der Waals surface area contributed by atoms with Gasteiger partial charge in [-0.1, -0.05) is 60.2 Å². The number of fused-ring (bicyclic) bond motifs is 5. The Balaban J connectivity index is 0.000000194. The van der Waals surface area contributed by atoms with Gasteiger partial charge in [-0.3, -0.25) is 0 Å². The van der Waals surface area contributed by atoms with E-state index in [1.165, 1.54) is 40.9 Å². The summed E-state index contributed by atoms with van der Waals surface area (Å²) in [7, 11) is 0. The van der Waals surface area contributed by atoms with E-state index in [1.807, 2.05) is 60.1 Å². The van der Waals surface area contributed by atoms with E-state index >= 15 is 0 Å². The standard InChI is InChI=1S/C27H22NS.C14H16GeN.Ir/c1-17-15-24-22-11-6-12-23(25-16-19(13-14-28-25)18-7-2-3-8-18)26(22)29-27(24)21-10-5-4-9-20(17)21;1-15(2,3)13-9-10-14(16-11-13)12-7-5-4-6-8-12;/h4-6,9-11,13-16,18H,2-3,7-8H2,1H3;4-7,9-11H,1-3H3;/q2*-1;/i18D;;. The summed E-state index contributed by atoms with van der Waals surface area (Å²) in [5, 5.41) is 5.22. The number of benzene rings is 4. The fourth-order valence-corrected chi connectivity index (χ4v) is 9.86. The van der Waals surface area contributed by atoms with Crippen LogP contribution in [-0.4, -0.2) is 23.2 Å². The predicted molar refractivity (Wildman–Crippen MR) is 196 cm³/mol. The van der Waals surface area contributed by atoms with Crippen LogP contribution < -0.4 is 4.40 Å². The zero-order chi connectivity index (χ0) is 31.9. The minimum Gasteiger partial charge on any atom is 0 e. The minimum absolute atomic E-state index is 0. The number of rotatable bonds is 4. The third-order valence-corrected chi connectivity index (χ3v) is 14.4. The molecule has 4 aromatic carbocycles. The van der Waals surface area contributed by atoms with Crippen molar-refractivity contribution < 1.29 is 21.5 Å². The summed E-state index contributed by atoms with van der Waals surface area (Å²) in [6.07, 6.45) is 8.09. The van der Waals surface area contributed by atoms with Crippen molar-refractivity contribution in [1.82, 2.24) is 9.97 Å². The molecule has 0 N–H and O–H groups in total. The van der Waals surface area contributed by atoms with Crippen LogP contribution in [-0.2, 0) is 20.1 Å². The SMILES string of the molecule is [2H]C1(c2ccnc(-c3[c-]ccc4c3sc3c5ccccc5c(C)cc43)c2)CCCC1.[CH3][Ge]([CH3])([CH3])[c]1ccc(-c2[c-]cccc2)nc1.[Ir]. The molecule has 1 saturated carbocycles. The zero-order valence-electron chi connectivity index (χ0n) is 27.8. The molecule has 1 fully saturated rings. The first-order valence-electron chi connectivity index (χ1n) is 16.4. The van der Waals surface area contributed by atoms with E-state index in [4.69, 9.17) is 6.35 Å². The molecular weight excluding hydrogens is 817 g/mol. The Hall–Kier alpha value is -3.15. The van der Waals surface area contributed by atoms with Crippen molar-refractivity contribution >= 4 is 59.9 Å². The molecule has 1 aliphatic carbocycles. The molecule has 0 atom stereocenters. The molecular formula is C41H38GeIrN2S-2. The number of aromatic nitrogens is 2. The first-order chi connectivity index (χ1) is 22.2. The zero-order valence-corrected chi connectivity index (χ0v) is 32.1. The number of nitrogens with zero attached hydrogens (tertiary/aromatic N) is 2.